The van der Waals surface area contributed by atoms with E-state index in [2.05, 4.69) is 14.1 Å². The van der Waals surface area contributed by atoms with Crippen LogP contribution in [0.1, 0.15) is 20.8 Å². The molecule has 0 heterocycles. The number of hydrogen-bond acceptors (Lipinski definition) is 8. The number of carbonyl (C=O) groups is 2. The third-order valence-electron chi connectivity index (χ3n) is 1.15. The second-order valence-electron chi connectivity index (χ2n) is 3.90. The van der Waals surface area contributed by atoms with Gasteiger partial charge in [0.05, 0.1) is 0 Å². The Morgan fingerprint density at radius 3 is 2.28 bits per heavy atom. The van der Waals surface area contributed by atoms with Crippen molar-refractivity contribution in [1.29, 1.82) is 0 Å². The standard InChI is InChI=1S/C8H12F2O7S/c1-7(2,3)15-5(11)4-14-6(12)8(9,10)18-17-16-13/h13H,4H2,1-3H3/p-1. The van der Waals surface area contributed by atoms with Crippen LogP contribution >= 0.6 is 12.0 Å². The molecule has 0 rings (SSSR count). The summed E-state index contributed by atoms with van der Waals surface area (Å²) < 4.78 is 37.6. The summed E-state index contributed by atoms with van der Waals surface area (Å²) >= 11 is -0.843. The second kappa shape index (κ2) is 6.83. The van der Waals surface area contributed by atoms with Crippen molar-refractivity contribution in [2.75, 3.05) is 6.61 Å². The molecule has 0 saturated carbocycles. The lowest BCUT2D eigenvalue weighted by atomic mass is 10.2. The number of rotatable bonds is 6. The number of hydrogen-bond donors (Lipinski definition) is 0. The molecule has 18 heavy (non-hydrogen) atoms. The van der Waals surface area contributed by atoms with Crippen molar-refractivity contribution < 1.29 is 42.5 Å². The molecule has 0 aromatic rings. The van der Waals surface area contributed by atoms with Crippen LogP contribution in [0.5, 0.6) is 0 Å². The highest BCUT2D eigenvalue weighted by atomic mass is 32.2. The Hall–Kier alpha value is -0.970. The minimum absolute atomic E-state index is 0.833. The van der Waals surface area contributed by atoms with E-state index >= 15 is 0 Å². The molecule has 0 aliphatic rings. The Morgan fingerprint density at radius 2 is 1.83 bits per heavy atom. The Kier molecular flexibility index (Phi) is 6.46. The first kappa shape index (κ1) is 17.0. The lowest BCUT2D eigenvalue weighted by Gasteiger charge is -2.19. The van der Waals surface area contributed by atoms with Crippen molar-refractivity contribution in [2.24, 2.45) is 0 Å². The van der Waals surface area contributed by atoms with Crippen LogP contribution in [0.2, 0.25) is 0 Å². The van der Waals surface area contributed by atoms with E-state index in [4.69, 9.17) is 4.74 Å². The summed E-state index contributed by atoms with van der Waals surface area (Å²) in [5.41, 5.74) is -0.833. The van der Waals surface area contributed by atoms with E-state index in [-0.39, 0.29) is 0 Å². The van der Waals surface area contributed by atoms with E-state index in [1.165, 1.54) is 0 Å². The molecule has 0 N–H and O–H groups in total. The fraction of sp³-hybridized carbons (Fsp3) is 0.750. The molecule has 10 heteroatoms. The van der Waals surface area contributed by atoms with E-state index in [0.717, 1.165) is 0 Å². The average Bonchev–Trinajstić information content (AvgIpc) is 2.20. The van der Waals surface area contributed by atoms with Crippen LogP contribution < -0.4 is 5.26 Å². The van der Waals surface area contributed by atoms with Gasteiger partial charge in [-0.3, -0.25) is 5.04 Å². The van der Waals surface area contributed by atoms with E-state index < -0.39 is 41.4 Å². The van der Waals surface area contributed by atoms with Gasteiger partial charge < -0.3 is 14.7 Å². The summed E-state index contributed by atoms with van der Waals surface area (Å²) in [6, 6.07) is 0. The Bertz CT molecular complexity index is 302. The largest absolute Gasteiger partial charge is 0.691 e. The third kappa shape index (κ3) is 7.37. The molecule has 0 spiro atoms. The molecule has 106 valence electrons. The van der Waals surface area contributed by atoms with Crippen LogP contribution in [0.25, 0.3) is 0 Å². The first-order chi connectivity index (χ1) is 8.08. The quantitative estimate of drug-likeness (QED) is 0.299. The fourth-order valence-electron chi connectivity index (χ4n) is 0.670. The monoisotopic (exact) mass is 289 g/mol. The number of alkyl halides is 2. The molecule has 0 saturated heterocycles. The van der Waals surface area contributed by atoms with E-state index in [0.29, 0.717) is 0 Å². The van der Waals surface area contributed by atoms with Gasteiger partial charge in [-0.2, -0.15) is 13.1 Å². The molecule has 0 aromatic heterocycles. The number of carbonyl (C=O) groups excluding carboxylic acids is 2. The molecule has 0 aromatic carbocycles. The maximum Gasteiger partial charge on any atom is 0.415 e. The molecule has 0 unspecified atom stereocenters. The Morgan fingerprint density at radius 1 is 1.28 bits per heavy atom. The zero-order chi connectivity index (χ0) is 14.4. The van der Waals surface area contributed by atoms with Gasteiger partial charge in [-0.05, 0) is 20.8 Å². The minimum atomic E-state index is -4.17. The van der Waals surface area contributed by atoms with Crippen LogP contribution in [0.3, 0.4) is 0 Å². The van der Waals surface area contributed by atoms with Crippen molar-refractivity contribution in [3.05, 3.63) is 0 Å². The molecule has 0 amide bonds. The minimum Gasteiger partial charge on any atom is -0.691 e. The smallest absolute Gasteiger partial charge is 0.415 e. The summed E-state index contributed by atoms with van der Waals surface area (Å²) in [4.78, 5) is 21.8. The van der Waals surface area contributed by atoms with Gasteiger partial charge >= 0.3 is 17.2 Å². The molecule has 0 atom stereocenters. The summed E-state index contributed by atoms with van der Waals surface area (Å²) in [5.74, 6) is -3.05. The summed E-state index contributed by atoms with van der Waals surface area (Å²) in [6.45, 7) is 3.67. The van der Waals surface area contributed by atoms with Gasteiger partial charge in [-0.15, -0.1) is 0 Å². The van der Waals surface area contributed by atoms with Crippen LogP contribution in [0.4, 0.5) is 8.78 Å². The van der Waals surface area contributed by atoms with Crippen LogP contribution in [0.15, 0.2) is 0 Å². The maximum absolute atomic E-state index is 12.8. The predicted molar refractivity (Wildman–Crippen MR) is 51.5 cm³/mol. The first-order valence-electron chi connectivity index (χ1n) is 4.49. The summed E-state index contributed by atoms with van der Waals surface area (Å²) in [7, 11) is 0. The van der Waals surface area contributed by atoms with Crippen LogP contribution in [0, 0.1) is 0 Å². The Labute approximate surface area is 105 Å². The van der Waals surface area contributed by atoms with Crippen molar-refractivity contribution in [2.45, 2.75) is 31.6 Å². The first-order valence-corrected chi connectivity index (χ1v) is 5.24. The molecular formula is C8H11F2O7S-. The Balaban J connectivity index is 4.13. The SMILES string of the molecule is CC(C)(C)OC(=O)COC(=O)C(F)(F)SOO[O-]. The molecule has 0 bridgehead atoms. The van der Waals surface area contributed by atoms with Crippen LogP contribution in [-0.4, -0.2) is 29.4 Å². The van der Waals surface area contributed by atoms with Crippen molar-refractivity contribution >= 4 is 24.0 Å². The topological polar surface area (TPSA) is 94.1 Å². The average molecular weight is 289 g/mol. The number of halogens is 2. The molecule has 7 nitrogen and oxygen atoms in total. The third-order valence-corrected chi connectivity index (χ3v) is 1.64. The van der Waals surface area contributed by atoms with Gasteiger partial charge in [0, 0.05) is 0 Å². The van der Waals surface area contributed by atoms with Crippen molar-refractivity contribution in [3.8, 4) is 0 Å². The molecule has 0 fully saturated rings. The molecule has 0 radical (unpaired) electrons. The number of esters is 2. The highest BCUT2D eigenvalue weighted by molar-refractivity contribution is 7.96. The molecule has 0 aliphatic heterocycles. The van der Waals surface area contributed by atoms with Crippen molar-refractivity contribution in [1.82, 2.24) is 0 Å². The molecule has 0 aliphatic carbocycles. The normalized spacial score (nSPS) is 12.1. The number of ether oxygens (including phenoxy) is 2. The van der Waals surface area contributed by atoms with E-state index in [1.807, 2.05) is 0 Å². The van der Waals surface area contributed by atoms with Gasteiger partial charge in [0.1, 0.15) is 17.6 Å². The van der Waals surface area contributed by atoms with Crippen LogP contribution in [-0.2, 0) is 28.4 Å². The predicted octanol–water partition coefficient (Wildman–Crippen LogP) is 0.336. The fourth-order valence-corrected chi connectivity index (χ4v) is 0.910. The van der Waals surface area contributed by atoms with Gasteiger partial charge in [0.25, 0.3) is 0 Å². The molecular weight excluding hydrogens is 278 g/mol. The van der Waals surface area contributed by atoms with Gasteiger partial charge in [-0.1, -0.05) is 0 Å². The van der Waals surface area contributed by atoms with Gasteiger partial charge in [0.15, 0.2) is 6.61 Å². The zero-order valence-corrected chi connectivity index (χ0v) is 10.5. The zero-order valence-electron chi connectivity index (χ0n) is 9.73. The van der Waals surface area contributed by atoms with Gasteiger partial charge in [0.2, 0.25) is 0 Å². The highest BCUT2D eigenvalue weighted by Crippen LogP contribution is 2.30. The van der Waals surface area contributed by atoms with Gasteiger partial charge in [-0.25, -0.2) is 9.59 Å². The van der Waals surface area contributed by atoms with E-state index in [9.17, 15) is 23.6 Å². The van der Waals surface area contributed by atoms with E-state index in [1.54, 1.807) is 20.8 Å². The summed E-state index contributed by atoms with van der Waals surface area (Å²) in [5, 5.41) is 7.80. The lowest BCUT2D eigenvalue weighted by Crippen LogP contribution is -2.32. The lowest BCUT2D eigenvalue weighted by molar-refractivity contribution is -0.777. The maximum atomic E-state index is 12.8. The highest BCUT2D eigenvalue weighted by Gasteiger charge is 2.44. The van der Waals surface area contributed by atoms with Crippen molar-refractivity contribution in [3.63, 3.8) is 0 Å². The second-order valence-corrected chi connectivity index (χ2v) is 4.71. The summed E-state index contributed by atoms with van der Waals surface area (Å²) in [6.07, 6.45) is 0.